The Labute approximate surface area is 265 Å². The number of hydrogen-bond acceptors (Lipinski definition) is 7. The molecule has 0 unspecified atom stereocenters. The van der Waals surface area contributed by atoms with Crippen LogP contribution in [-0.2, 0) is 22.5 Å². The van der Waals surface area contributed by atoms with E-state index >= 15 is 0 Å². The Morgan fingerprint density at radius 2 is 1.61 bits per heavy atom. The molecule has 2 aromatic rings. The minimum absolute atomic E-state index is 0.0356. The summed E-state index contributed by atoms with van der Waals surface area (Å²) in [7, 11) is 3.33. The normalized spacial score (nSPS) is 16.2. The molecule has 0 saturated carbocycles. The van der Waals surface area contributed by atoms with Gasteiger partial charge < -0.3 is 35.3 Å². The number of anilines is 1. The number of benzene rings is 2. The highest BCUT2D eigenvalue weighted by Crippen LogP contribution is 2.32. The van der Waals surface area contributed by atoms with Gasteiger partial charge in [0.15, 0.2) is 11.5 Å². The largest absolute Gasteiger partial charge is 0.493 e. The van der Waals surface area contributed by atoms with Crippen LogP contribution >= 0.6 is 0 Å². The Hall–Kier alpha value is -2.81. The molecule has 3 rings (SSSR count). The molecule has 1 heterocycles. The maximum Gasteiger partial charge on any atom is 0.223 e. The van der Waals surface area contributed by atoms with Crippen LogP contribution in [0.1, 0.15) is 70.9 Å². The lowest BCUT2D eigenvalue weighted by molar-refractivity contribution is -0.127. The molecule has 1 saturated heterocycles. The molecule has 0 bridgehead atoms. The SMILES string of the molecule is COCCCOc1cc(C[C@@H](C[C@H](N)[C@@H](O)C[C@H](C(=O)NCc2ccc(N3CCCC3)cc2)C(C)C)C(C)C)ccc1OC. The van der Waals surface area contributed by atoms with Gasteiger partial charge >= 0.3 is 0 Å². The van der Waals surface area contributed by atoms with Crippen LogP contribution in [0.3, 0.4) is 0 Å². The van der Waals surface area contributed by atoms with E-state index in [1.54, 1.807) is 14.2 Å². The lowest BCUT2D eigenvalue weighted by Crippen LogP contribution is -2.42. The molecule has 44 heavy (non-hydrogen) atoms. The van der Waals surface area contributed by atoms with Crippen molar-refractivity contribution < 1.29 is 24.1 Å². The van der Waals surface area contributed by atoms with E-state index < -0.39 is 12.1 Å². The molecular weight excluding hydrogens is 554 g/mol. The van der Waals surface area contributed by atoms with Gasteiger partial charge in [0.05, 0.1) is 19.8 Å². The summed E-state index contributed by atoms with van der Waals surface area (Å²) in [5, 5.41) is 14.3. The zero-order chi connectivity index (χ0) is 32.1. The average molecular weight is 612 g/mol. The molecule has 0 aliphatic carbocycles. The molecule has 8 heteroatoms. The lowest BCUT2D eigenvalue weighted by Gasteiger charge is -2.30. The molecule has 1 amide bonds. The Morgan fingerprint density at radius 1 is 0.932 bits per heavy atom. The van der Waals surface area contributed by atoms with Crippen molar-refractivity contribution in [3.8, 4) is 11.5 Å². The monoisotopic (exact) mass is 611 g/mol. The third-order valence-corrected chi connectivity index (χ3v) is 9.00. The molecule has 2 aromatic carbocycles. The van der Waals surface area contributed by atoms with Crippen LogP contribution in [0.4, 0.5) is 5.69 Å². The molecule has 0 radical (unpaired) electrons. The summed E-state index contributed by atoms with van der Waals surface area (Å²) in [6.45, 7) is 12.3. The van der Waals surface area contributed by atoms with Crippen LogP contribution < -0.4 is 25.4 Å². The molecule has 1 aliphatic rings. The summed E-state index contributed by atoms with van der Waals surface area (Å²) in [5.41, 5.74) is 10.1. The second-order valence-electron chi connectivity index (χ2n) is 13.0. The molecule has 4 N–H and O–H groups in total. The lowest BCUT2D eigenvalue weighted by atomic mass is 9.81. The number of rotatable bonds is 19. The number of hydrogen-bond donors (Lipinski definition) is 3. The Balaban J connectivity index is 1.55. The van der Waals surface area contributed by atoms with Crippen molar-refractivity contribution in [2.45, 2.75) is 84.9 Å². The van der Waals surface area contributed by atoms with Gasteiger partial charge in [-0.1, -0.05) is 45.9 Å². The molecule has 1 fully saturated rings. The second kappa shape index (κ2) is 18.2. The number of ether oxygens (including phenoxy) is 3. The predicted molar refractivity (Wildman–Crippen MR) is 178 cm³/mol. The van der Waals surface area contributed by atoms with E-state index in [2.05, 4.69) is 54.4 Å². The van der Waals surface area contributed by atoms with Crippen LogP contribution in [0.15, 0.2) is 42.5 Å². The van der Waals surface area contributed by atoms with Crippen molar-refractivity contribution in [3.05, 3.63) is 53.6 Å². The smallest absolute Gasteiger partial charge is 0.223 e. The van der Waals surface area contributed by atoms with Gasteiger partial charge in [-0.15, -0.1) is 0 Å². The first kappa shape index (κ1) is 35.7. The first-order chi connectivity index (χ1) is 21.1. The summed E-state index contributed by atoms with van der Waals surface area (Å²) >= 11 is 0. The second-order valence-corrected chi connectivity index (χ2v) is 13.0. The van der Waals surface area contributed by atoms with E-state index in [-0.39, 0.29) is 23.7 Å². The molecule has 8 nitrogen and oxygen atoms in total. The van der Waals surface area contributed by atoms with Gasteiger partial charge in [-0.05, 0) is 85.3 Å². The van der Waals surface area contributed by atoms with E-state index in [0.717, 1.165) is 42.8 Å². The van der Waals surface area contributed by atoms with Crippen molar-refractivity contribution in [2.75, 3.05) is 45.4 Å². The van der Waals surface area contributed by atoms with Gasteiger partial charge in [0.2, 0.25) is 5.91 Å². The van der Waals surface area contributed by atoms with E-state index in [4.69, 9.17) is 19.9 Å². The fourth-order valence-electron chi connectivity index (χ4n) is 5.98. The number of aliphatic hydroxyl groups is 1. The first-order valence-corrected chi connectivity index (χ1v) is 16.5. The minimum atomic E-state index is -0.773. The van der Waals surface area contributed by atoms with Gasteiger partial charge in [0, 0.05) is 57.4 Å². The summed E-state index contributed by atoms with van der Waals surface area (Å²) < 4.78 is 16.6. The molecule has 4 atom stereocenters. The average Bonchev–Trinajstić information content (AvgIpc) is 3.55. The van der Waals surface area contributed by atoms with Crippen LogP contribution in [0.2, 0.25) is 0 Å². The predicted octanol–water partition coefficient (Wildman–Crippen LogP) is 5.58. The summed E-state index contributed by atoms with van der Waals surface area (Å²) in [5.74, 6) is 1.77. The van der Waals surface area contributed by atoms with Crippen LogP contribution in [0.5, 0.6) is 11.5 Å². The summed E-state index contributed by atoms with van der Waals surface area (Å²) in [6, 6.07) is 14.1. The number of nitrogens with one attached hydrogen (secondary N) is 1. The van der Waals surface area contributed by atoms with Crippen LogP contribution in [0.25, 0.3) is 0 Å². The maximum absolute atomic E-state index is 13.3. The fraction of sp³-hybridized carbons (Fsp3) is 0.639. The minimum Gasteiger partial charge on any atom is -0.493 e. The molecular formula is C36H57N3O5. The molecule has 246 valence electrons. The highest BCUT2D eigenvalue weighted by atomic mass is 16.5. The number of carbonyl (C=O) groups excluding carboxylic acids is 1. The number of methoxy groups -OCH3 is 2. The Morgan fingerprint density at radius 3 is 2.23 bits per heavy atom. The summed E-state index contributed by atoms with van der Waals surface area (Å²) in [6.07, 6.45) is 4.32. The molecule has 0 aromatic heterocycles. The van der Waals surface area contributed by atoms with Gasteiger partial charge in [-0.2, -0.15) is 0 Å². The zero-order valence-electron chi connectivity index (χ0n) is 27.9. The standard InChI is InChI=1S/C36H57N3O5/c1-25(2)29(20-28-12-15-34(43-6)35(21-28)44-19-9-18-42-5)22-32(37)33(40)23-31(26(3)4)36(41)38-24-27-10-13-30(14-11-27)39-16-7-8-17-39/h10-15,21,25-26,29,31-33,40H,7-9,16-20,22-24,37H2,1-6H3,(H,38,41)/t29-,31-,32-,33-/m0/s1. The Bertz CT molecular complexity index is 1120. The van der Waals surface area contributed by atoms with Crippen LogP contribution in [-0.4, -0.2) is 63.7 Å². The number of nitrogens with two attached hydrogens (primary N) is 1. The quantitative estimate of drug-likeness (QED) is 0.178. The van der Waals surface area contributed by atoms with Crippen molar-refractivity contribution in [3.63, 3.8) is 0 Å². The third kappa shape index (κ3) is 11.0. The Kier molecular flexibility index (Phi) is 14.8. The van der Waals surface area contributed by atoms with Crippen molar-refractivity contribution >= 4 is 11.6 Å². The number of amides is 1. The van der Waals surface area contributed by atoms with E-state index in [1.165, 1.54) is 18.5 Å². The topological polar surface area (TPSA) is 106 Å². The number of aliphatic hydroxyl groups excluding tert-OH is 1. The maximum atomic E-state index is 13.3. The van der Waals surface area contributed by atoms with Crippen LogP contribution in [0, 0.1) is 23.7 Å². The molecule has 0 spiro atoms. The van der Waals surface area contributed by atoms with Crippen molar-refractivity contribution in [2.24, 2.45) is 29.4 Å². The third-order valence-electron chi connectivity index (χ3n) is 9.00. The summed E-state index contributed by atoms with van der Waals surface area (Å²) in [4.78, 5) is 15.7. The number of carbonyl (C=O) groups is 1. The zero-order valence-corrected chi connectivity index (χ0v) is 27.9. The van der Waals surface area contributed by atoms with Gasteiger partial charge in [-0.25, -0.2) is 0 Å². The fourth-order valence-corrected chi connectivity index (χ4v) is 5.98. The van der Waals surface area contributed by atoms with Gasteiger partial charge in [-0.3, -0.25) is 4.79 Å². The van der Waals surface area contributed by atoms with E-state index in [1.807, 2.05) is 26.0 Å². The van der Waals surface area contributed by atoms with E-state index in [0.29, 0.717) is 44.3 Å². The van der Waals surface area contributed by atoms with Crippen molar-refractivity contribution in [1.82, 2.24) is 5.32 Å². The highest BCUT2D eigenvalue weighted by molar-refractivity contribution is 5.79. The molecule has 1 aliphatic heterocycles. The van der Waals surface area contributed by atoms with Gasteiger partial charge in [0.1, 0.15) is 0 Å². The number of nitrogens with zero attached hydrogens (tertiary/aromatic N) is 1. The van der Waals surface area contributed by atoms with Crippen molar-refractivity contribution in [1.29, 1.82) is 0 Å². The van der Waals surface area contributed by atoms with E-state index in [9.17, 15) is 9.90 Å². The highest BCUT2D eigenvalue weighted by Gasteiger charge is 2.30. The van der Waals surface area contributed by atoms with Gasteiger partial charge in [0.25, 0.3) is 0 Å². The first-order valence-electron chi connectivity index (χ1n) is 16.5.